The average molecular weight is 307 g/mol. The SMILES string of the molecule is CCC(CC)(NS(=O)(=O)NCC(F)(F)F)C(N)=S. The first-order valence-corrected chi connectivity index (χ1v) is 7.02. The zero-order valence-electron chi connectivity index (χ0n) is 9.97. The summed E-state index contributed by atoms with van der Waals surface area (Å²) >= 11 is 4.75. The number of nitrogens with two attached hydrogens (primary N) is 1. The summed E-state index contributed by atoms with van der Waals surface area (Å²) in [6, 6.07) is 0. The Balaban J connectivity index is 4.89. The molecule has 0 aliphatic heterocycles. The number of alkyl halides is 3. The van der Waals surface area contributed by atoms with E-state index in [9.17, 15) is 21.6 Å². The molecule has 0 fully saturated rings. The van der Waals surface area contributed by atoms with E-state index in [1.165, 1.54) is 4.72 Å². The van der Waals surface area contributed by atoms with E-state index in [2.05, 4.69) is 4.72 Å². The second kappa shape index (κ2) is 6.13. The number of rotatable bonds is 7. The largest absolute Gasteiger partial charge is 0.402 e. The van der Waals surface area contributed by atoms with Crippen LogP contribution in [0.1, 0.15) is 26.7 Å². The van der Waals surface area contributed by atoms with Gasteiger partial charge in [-0.15, -0.1) is 0 Å². The lowest BCUT2D eigenvalue weighted by Crippen LogP contribution is -2.59. The molecule has 0 bridgehead atoms. The molecule has 0 spiro atoms. The fourth-order valence-electron chi connectivity index (χ4n) is 1.26. The van der Waals surface area contributed by atoms with E-state index >= 15 is 0 Å². The summed E-state index contributed by atoms with van der Waals surface area (Å²) in [5, 5.41) is 0. The van der Waals surface area contributed by atoms with Crippen molar-refractivity contribution >= 4 is 27.4 Å². The van der Waals surface area contributed by atoms with Crippen LogP contribution in [-0.4, -0.2) is 31.7 Å². The van der Waals surface area contributed by atoms with Gasteiger partial charge in [0, 0.05) is 0 Å². The smallest absolute Gasteiger partial charge is 0.392 e. The van der Waals surface area contributed by atoms with Gasteiger partial charge in [-0.25, -0.2) is 0 Å². The third-order valence-electron chi connectivity index (χ3n) is 2.47. The molecule has 18 heavy (non-hydrogen) atoms. The van der Waals surface area contributed by atoms with Crippen molar-refractivity contribution < 1.29 is 21.6 Å². The van der Waals surface area contributed by atoms with E-state index in [0.29, 0.717) is 0 Å². The highest BCUT2D eigenvalue weighted by Gasteiger charge is 2.36. The number of hydrogen-bond donors (Lipinski definition) is 3. The van der Waals surface area contributed by atoms with Crippen molar-refractivity contribution in [2.75, 3.05) is 6.54 Å². The standard InChI is InChI=1S/C8H16F3N3O2S2/c1-3-7(4-2,6(12)17)14-18(15,16)13-5-8(9,10)11/h13-14H,3-5H2,1-2H3,(H2,12,17). The van der Waals surface area contributed by atoms with Crippen LogP contribution in [0, 0.1) is 0 Å². The molecule has 0 saturated carbocycles. The molecule has 0 unspecified atom stereocenters. The minimum atomic E-state index is -4.63. The van der Waals surface area contributed by atoms with E-state index in [1.807, 2.05) is 0 Å². The van der Waals surface area contributed by atoms with Gasteiger partial charge in [0.15, 0.2) is 0 Å². The van der Waals surface area contributed by atoms with Crippen LogP contribution in [0.15, 0.2) is 0 Å². The Kier molecular flexibility index (Phi) is 5.98. The molecule has 0 aromatic rings. The molecule has 0 rings (SSSR count). The first-order valence-electron chi connectivity index (χ1n) is 5.13. The van der Waals surface area contributed by atoms with Crippen LogP contribution < -0.4 is 15.2 Å². The third-order valence-corrected chi connectivity index (χ3v) is 4.05. The van der Waals surface area contributed by atoms with Crippen LogP contribution in [0.25, 0.3) is 0 Å². The van der Waals surface area contributed by atoms with Crippen LogP contribution in [0.2, 0.25) is 0 Å². The van der Waals surface area contributed by atoms with Gasteiger partial charge < -0.3 is 5.73 Å². The Morgan fingerprint density at radius 1 is 1.28 bits per heavy atom. The molecule has 0 atom stereocenters. The van der Waals surface area contributed by atoms with Gasteiger partial charge in [-0.2, -0.15) is 31.0 Å². The van der Waals surface area contributed by atoms with Crippen molar-refractivity contribution in [1.29, 1.82) is 0 Å². The Hall–Kier alpha value is -0.450. The molecular formula is C8H16F3N3O2S2. The highest BCUT2D eigenvalue weighted by Crippen LogP contribution is 2.17. The molecule has 0 aliphatic carbocycles. The zero-order chi connectivity index (χ0) is 14.6. The summed E-state index contributed by atoms with van der Waals surface area (Å²) in [5.41, 5.74) is 4.22. The number of thiocarbonyl (C=S) groups is 1. The van der Waals surface area contributed by atoms with Crippen molar-refractivity contribution in [3.63, 3.8) is 0 Å². The van der Waals surface area contributed by atoms with E-state index in [-0.39, 0.29) is 17.8 Å². The lowest BCUT2D eigenvalue weighted by atomic mass is 9.94. The molecular weight excluding hydrogens is 291 g/mol. The van der Waals surface area contributed by atoms with E-state index in [0.717, 1.165) is 0 Å². The molecule has 4 N–H and O–H groups in total. The van der Waals surface area contributed by atoms with Gasteiger partial charge in [0.2, 0.25) is 0 Å². The van der Waals surface area contributed by atoms with Crippen LogP contribution in [0.3, 0.4) is 0 Å². The molecule has 0 radical (unpaired) electrons. The molecule has 0 aromatic heterocycles. The van der Waals surface area contributed by atoms with Crippen LogP contribution >= 0.6 is 12.2 Å². The highest BCUT2D eigenvalue weighted by molar-refractivity contribution is 7.87. The molecule has 0 heterocycles. The van der Waals surface area contributed by atoms with Crippen molar-refractivity contribution in [2.45, 2.75) is 38.4 Å². The van der Waals surface area contributed by atoms with Gasteiger partial charge in [-0.1, -0.05) is 26.1 Å². The maximum absolute atomic E-state index is 11.9. The van der Waals surface area contributed by atoms with Gasteiger partial charge in [0.1, 0.15) is 6.54 Å². The highest BCUT2D eigenvalue weighted by atomic mass is 32.2. The van der Waals surface area contributed by atoms with Gasteiger partial charge in [-0.05, 0) is 12.8 Å². The first kappa shape index (κ1) is 17.6. The minimum absolute atomic E-state index is 0.107. The number of nitrogens with one attached hydrogen (secondary N) is 2. The predicted molar refractivity (Wildman–Crippen MR) is 66.2 cm³/mol. The minimum Gasteiger partial charge on any atom is -0.392 e. The quantitative estimate of drug-likeness (QED) is 0.608. The van der Waals surface area contributed by atoms with Gasteiger partial charge in [0.25, 0.3) is 10.2 Å². The van der Waals surface area contributed by atoms with Crippen LogP contribution in [0.4, 0.5) is 13.2 Å². The second-order valence-corrected chi connectivity index (χ2v) is 5.63. The Labute approximate surface area is 109 Å². The fourth-order valence-corrected chi connectivity index (χ4v) is 3.01. The van der Waals surface area contributed by atoms with Crippen molar-refractivity contribution in [1.82, 2.24) is 9.44 Å². The zero-order valence-corrected chi connectivity index (χ0v) is 11.6. The molecule has 5 nitrogen and oxygen atoms in total. The summed E-state index contributed by atoms with van der Waals surface area (Å²) in [6.45, 7) is 1.62. The molecule has 0 aromatic carbocycles. The number of hydrogen-bond acceptors (Lipinski definition) is 3. The van der Waals surface area contributed by atoms with Gasteiger partial charge in [0.05, 0.1) is 10.5 Å². The van der Waals surface area contributed by atoms with E-state index < -0.39 is 28.5 Å². The number of halogens is 3. The second-order valence-electron chi connectivity index (χ2n) is 3.70. The van der Waals surface area contributed by atoms with E-state index in [4.69, 9.17) is 18.0 Å². The molecule has 0 saturated heterocycles. The summed E-state index contributed by atoms with van der Waals surface area (Å²) in [7, 11) is -4.33. The van der Waals surface area contributed by atoms with E-state index in [1.54, 1.807) is 13.8 Å². The topological polar surface area (TPSA) is 84.2 Å². The van der Waals surface area contributed by atoms with Crippen LogP contribution in [0.5, 0.6) is 0 Å². The summed E-state index contributed by atoms with van der Waals surface area (Å²) in [5.74, 6) is 0. The van der Waals surface area contributed by atoms with Crippen molar-refractivity contribution in [2.24, 2.45) is 5.73 Å². The van der Waals surface area contributed by atoms with Crippen molar-refractivity contribution in [3.8, 4) is 0 Å². The summed E-state index contributed by atoms with van der Waals surface area (Å²) in [4.78, 5) is -0.107. The Morgan fingerprint density at radius 3 is 2.00 bits per heavy atom. The lowest BCUT2D eigenvalue weighted by Gasteiger charge is -2.31. The monoisotopic (exact) mass is 307 g/mol. The molecule has 10 heteroatoms. The predicted octanol–water partition coefficient (Wildman–Crippen LogP) is 0.818. The average Bonchev–Trinajstić information content (AvgIpc) is 2.22. The third kappa shape index (κ3) is 5.46. The molecule has 108 valence electrons. The fraction of sp³-hybridized carbons (Fsp3) is 0.875. The normalized spacial score (nSPS) is 13.6. The summed E-state index contributed by atoms with van der Waals surface area (Å²) < 4.78 is 62.2. The van der Waals surface area contributed by atoms with Crippen LogP contribution in [-0.2, 0) is 10.2 Å². The maximum atomic E-state index is 11.9. The van der Waals surface area contributed by atoms with Crippen molar-refractivity contribution in [3.05, 3.63) is 0 Å². The lowest BCUT2D eigenvalue weighted by molar-refractivity contribution is -0.121. The van der Waals surface area contributed by atoms with Gasteiger partial charge >= 0.3 is 6.18 Å². The molecule has 0 aliphatic rings. The first-order chi connectivity index (χ1) is 7.98. The maximum Gasteiger partial charge on any atom is 0.402 e. The summed E-state index contributed by atoms with van der Waals surface area (Å²) in [6.07, 6.45) is -4.14. The molecule has 0 amide bonds. The Bertz CT molecular complexity index is 391. The van der Waals surface area contributed by atoms with Gasteiger partial charge in [-0.3, -0.25) is 0 Å². The Morgan fingerprint density at radius 2 is 1.72 bits per heavy atom.